The van der Waals surface area contributed by atoms with Crippen molar-refractivity contribution in [3.63, 3.8) is 0 Å². The first-order valence-electron chi connectivity index (χ1n) is 10.4. The van der Waals surface area contributed by atoms with E-state index in [0.717, 1.165) is 32.4 Å². The van der Waals surface area contributed by atoms with E-state index in [1.807, 2.05) is 0 Å². The molecular formula is C22H26FN3O4. The molecule has 1 aromatic heterocycles. The van der Waals surface area contributed by atoms with E-state index >= 15 is 4.39 Å². The Kier molecular flexibility index (Phi) is 4.24. The summed E-state index contributed by atoms with van der Waals surface area (Å²) < 4.78 is 23.0. The van der Waals surface area contributed by atoms with Crippen LogP contribution in [0.5, 0.6) is 5.75 Å². The molecule has 3 fully saturated rings. The van der Waals surface area contributed by atoms with Crippen LogP contribution in [0.3, 0.4) is 0 Å². The number of benzene rings is 1. The SMILES string of the molecule is COc1c(C2CC23CNCC(N)[C@@H]3C)c(F)cc2c(=O)c(C(=O)O)cn(C3CC3)c12. The maximum Gasteiger partial charge on any atom is 0.341 e. The van der Waals surface area contributed by atoms with Gasteiger partial charge in [0.05, 0.1) is 18.0 Å². The van der Waals surface area contributed by atoms with Crippen molar-refractivity contribution >= 4 is 16.9 Å². The molecule has 2 aromatic rings. The fraction of sp³-hybridized carbons (Fsp3) is 0.545. The van der Waals surface area contributed by atoms with Gasteiger partial charge in [-0.05, 0) is 42.6 Å². The third-order valence-corrected chi connectivity index (χ3v) is 7.48. The fourth-order valence-electron chi connectivity index (χ4n) is 5.44. The minimum Gasteiger partial charge on any atom is -0.494 e. The lowest BCUT2D eigenvalue weighted by Crippen LogP contribution is -2.51. The van der Waals surface area contributed by atoms with E-state index in [1.165, 1.54) is 19.4 Å². The number of nitrogens with zero attached hydrogens (tertiary/aromatic N) is 1. The molecule has 2 heterocycles. The fourth-order valence-corrected chi connectivity index (χ4v) is 5.44. The number of carbonyl (C=O) groups is 1. The second-order valence-corrected chi connectivity index (χ2v) is 9.09. The van der Waals surface area contributed by atoms with Gasteiger partial charge in [-0.1, -0.05) is 6.92 Å². The van der Waals surface area contributed by atoms with Crippen molar-refractivity contribution in [1.82, 2.24) is 9.88 Å². The molecule has 7 nitrogen and oxygen atoms in total. The molecule has 0 radical (unpaired) electrons. The summed E-state index contributed by atoms with van der Waals surface area (Å²) in [5.41, 5.74) is 6.09. The molecule has 1 aromatic carbocycles. The van der Waals surface area contributed by atoms with E-state index in [9.17, 15) is 14.7 Å². The number of hydrogen-bond donors (Lipinski definition) is 3. The number of aromatic nitrogens is 1. The maximum absolute atomic E-state index is 15.5. The highest BCUT2D eigenvalue weighted by Crippen LogP contribution is 2.66. The van der Waals surface area contributed by atoms with Crippen LogP contribution in [0.25, 0.3) is 10.9 Å². The molecule has 30 heavy (non-hydrogen) atoms. The molecule has 1 aliphatic heterocycles. The summed E-state index contributed by atoms with van der Waals surface area (Å²) in [6, 6.07) is 1.30. The van der Waals surface area contributed by atoms with Crippen molar-refractivity contribution in [2.24, 2.45) is 17.1 Å². The summed E-state index contributed by atoms with van der Waals surface area (Å²) in [4.78, 5) is 24.4. The normalized spacial score (nSPS) is 30.6. The second-order valence-electron chi connectivity index (χ2n) is 9.09. The van der Waals surface area contributed by atoms with Gasteiger partial charge in [-0.2, -0.15) is 0 Å². The lowest BCUT2D eigenvalue weighted by molar-refractivity contribution is 0.0695. The number of carboxylic acid groups (broad SMARTS) is 1. The standard InChI is InChI=1S/C22H26FN3O4/c1-10-16(24)7-25-9-22(10)6-14(22)17-15(23)5-12-18(20(17)30-2)26(11-3-4-11)8-13(19(12)27)21(28)29/h5,8,10-11,14,16,25H,3-4,6-7,9,24H2,1-2H3,(H,28,29)/t10-,14?,16?,22?/m0/s1. The van der Waals surface area contributed by atoms with Crippen molar-refractivity contribution in [1.29, 1.82) is 0 Å². The van der Waals surface area contributed by atoms with Gasteiger partial charge in [-0.15, -0.1) is 0 Å². The average Bonchev–Trinajstić information content (AvgIpc) is 3.62. The van der Waals surface area contributed by atoms with E-state index in [2.05, 4.69) is 12.2 Å². The van der Waals surface area contributed by atoms with Gasteiger partial charge in [0, 0.05) is 36.9 Å². The van der Waals surface area contributed by atoms with Crippen LogP contribution in [0.1, 0.15) is 54.1 Å². The summed E-state index contributed by atoms with van der Waals surface area (Å²) in [6.45, 7) is 3.63. The van der Waals surface area contributed by atoms with Crippen molar-refractivity contribution in [2.75, 3.05) is 20.2 Å². The van der Waals surface area contributed by atoms with Gasteiger partial charge in [-0.3, -0.25) is 4.79 Å². The molecule has 2 saturated carbocycles. The number of hydrogen-bond acceptors (Lipinski definition) is 5. The largest absolute Gasteiger partial charge is 0.494 e. The number of fused-ring (bicyclic) bond motifs is 1. The Morgan fingerprint density at radius 1 is 1.43 bits per heavy atom. The van der Waals surface area contributed by atoms with Crippen LogP contribution in [0.15, 0.2) is 17.1 Å². The molecular weight excluding hydrogens is 389 g/mol. The maximum atomic E-state index is 15.5. The van der Waals surface area contributed by atoms with Gasteiger partial charge < -0.3 is 25.5 Å². The van der Waals surface area contributed by atoms with Gasteiger partial charge >= 0.3 is 5.97 Å². The van der Waals surface area contributed by atoms with Crippen LogP contribution in [-0.4, -0.2) is 41.9 Å². The molecule has 4 N–H and O–H groups in total. The van der Waals surface area contributed by atoms with Crippen molar-refractivity contribution < 1.29 is 19.0 Å². The Balaban J connectivity index is 1.74. The molecule has 4 atom stereocenters. The van der Waals surface area contributed by atoms with Crippen LogP contribution in [-0.2, 0) is 0 Å². The highest BCUT2D eigenvalue weighted by atomic mass is 19.1. The van der Waals surface area contributed by atoms with E-state index in [0.29, 0.717) is 16.8 Å². The number of halogens is 1. The average molecular weight is 415 g/mol. The zero-order valence-corrected chi connectivity index (χ0v) is 17.1. The van der Waals surface area contributed by atoms with E-state index in [-0.39, 0.29) is 40.3 Å². The van der Waals surface area contributed by atoms with Crippen LogP contribution in [0.2, 0.25) is 0 Å². The molecule has 5 rings (SSSR count). The Labute approximate surface area is 173 Å². The molecule has 0 bridgehead atoms. The lowest BCUT2D eigenvalue weighted by atomic mass is 9.78. The van der Waals surface area contributed by atoms with Crippen molar-refractivity contribution in [2.45, 2.75) is 44.2 Å². The number of piperidine rings is 1. The van der Waals surface area contributed by atoms with Crippen molar-refractivity contribution in [3.8, 4) is 5.75 Å². The Morgan fingerprint density at radius 2 is 2.17 bits per heavy atom. The zero-order chi connectivity index (χ0) is 21.4. The quantitative estimate of drug-likeness (QED) is 0.707. The first kappa shape index (κ1) is 19.5. The summed E-state index contributed by atoms with van der Waals surface area (Å²) in [6.07, 6.45) is 3.96. The molecule has 1 saturated heterocycles. The number of carboxylic acids is 1. The minimum atomic E-state index is -1.31. The molecule has 8 heteroatoms. The summed E-state index contributed by atoms with van der Waals surface area (Å²) in [5.74, 6) is -1.32. The number of aromatic carboxylic acids is 1. The van der Waals surface area contributed by atoms with Crippen LogP contribution in [0, 0.1) is 17.2 Å². The van der Waals surface area contributed by atoms with Gasteiger partial charge in [0.15, 0.2) is 0 Å². The first-order valence-corrected chi connectivity index (χ1v) is 10.4. The third-order valence-electron chi connectivity index (χ3n) is 7.48. The predicted molar refractivity (Wildman–Crippen MR) is 110 cm³/mol. The summed E-state index contributed by atoms with van der Waals surface area (Å²) in [5, 5.41) is 12.9. The zero-order valence-electron chi connectivity index (χ0n) is 17.1. The third kappa shape index (κ3) is 2.63. The number of rotatable bonds is 4. The predicted octanol–water partition coefficient (Wildman–Crippen LogP) is 2.22. The summed E-state index contributed by atoms with van der Waals surface area (Å²) >= 11 is 0. The number of nitrogens with one attached hydrogen (secondary N) is 1. The van der Waals surface area contributed by atoms with Gasteiger partial charge in [-0.25, -0.2) is 9.18 Å². The van der Waals surface area contributed by atoms with E-state index < -0.39 is 17.2 Å². The number of methoxy groups -OCH3 is 1. The molecule has 2 aliphatic carbocycles. The first-order chi connectivity index (χ1) is 14.3. The highest BCUT2D eigenvalue weighted by molar-refractivity contribution is 5.95. The Bertz CT molecular complexity index is 1130. The van der Waals surface area contributed by atoms with Crippen LogP contribution >= 0.6 is 0 Å². The second kappa shape index (κ2) is 6.52. The van der Waals surface area contributed by atoms with Gasteiger partial charge in [0.1, 0.15) is 17.1 Å². The number of pyridine rings is 1. The topological polar surface area (TPSA) is 107 Å². The Morgan fingerprint density at radius 3 is 2.80 bits per heavy atom. The monoisotopic (exact) mass is 415 g/mol. The van der Waals surface area contributed by atoms with Crippen LogP contribution in [0.4, 0.5) is 4.39 Å². The highest BCUT2D eigenvalue weighted by Gasteiger charge is 2.61. The van der Waals surface area contributed by atoms with E-state index in [1.54, 1.807) is 4.57 Å². The number of nitrogens with two attached hydrogens (primary N) is 1. The van der Waals surface area contributed by atoms with Crippen LogP contribution < -0.4 is 21.2 Å². The molecule has 1 spiro atoms. The van der Waals surface area contributed by atoms with Gasteiger partial charge in [0.25, 0.3) is 0 Å². The molecule has 160 valence electrons. The summed E-state index contributed by atoms with van der Waals surface area (Å²) in [7, 11) is 1.48. The Hall–Kier alpha value is -2.45. The lowest BCUT2D eigenvalue weighted by Gasteiger charge is -2.36. The molecule has 3 aliphatic rings. The van der Waals surface area contributed by atoms with E-state index in [4.69, 9.17) is 10.5 Å². The molecule has 3 unspecified atom stereocenters. The molecule has 0 amide bonds. The minimum absolute atomic E-state index is 0.000955. The van der Waals surface area contributed by atoms with Gasteiger partial charge in [0.2, 0.25) is 5.43 Å². The smallest absolute Gasteiger partial charge is 0.341 e. The number of ether oxygens (including phenoxy) is 1. The van der Waals surface area contributed by atoms with Crippen molar-refractivity contribution in [3.05, 3.63) is 39.4 Å².